The molecule has 0 aromatic heterocycles. The number of carbonyl (C=O) groups is 3. The summed E-state index contributed by atoms with van der Waals surface area (Å²) in [5.41, 5.74) is -0.217. The average Bonchev–Trinajstić information content (AvgIpc) is 2.70. The molecule has 0 bridgehead atoms. The topological polar surface area (TPSA) is 124 Å². The molecule has 1 rings (SSSR count). The van der Waals surface area contributed by atoms with Crippen molar-refractivity contribution in [3.8, 4) is 17.2 Å². The molecule has 31 heavy (non-hydrogen) atoms. The number of benzene rings is 1. The number of alkyl carbamates (subject to hydrolysis) is 1. The molecule has 0 spiro atoms. The third-order valence-corrected chi connectivity index (χ3v) is 3.91. The maximum atomic E-state index is 12.4. The molecular weight excluding hydrogens is 406 g/mol. The molecule has 0 saturated heterocycles. The zero-order chi connectivity index (χ0) is 23.4. The van der Waals surface area contributed by atoms with Crippen molar-refractivity contribution in [2.75, 3.05) is 41.0 Å². The van der Waals surface area contributed by atoms with Crippen LogP contribution in [0.5, 0.6) is 17.2 Å². The van der Waals surface area contributed by atoms with Crippen LogP contribution in [0, 0.1) is 0 Å². The van der Waals surface area contributed by atoms with E-state index < -0.39 is 11.7 Å². The lowest BCUT2D eigenvalue weighted by atomic mass is 10.1. The number of ether oxygens (including phenoxy) is 4. The molecule has 0 fully saturated rings. The molecule has 1 aromatic carbocycles. The van der Waals surface area contributed by atoms with Gasteiger partial charge in [-0.15, -0.1) is 0 Å². The largest absolute Gasteiger partial charge is 0.493 e. The van der Waals surface area contributed by atoms with E-state index in [1.54, 1.807) is 32.9 Å². The first-order valence-electron chi connectivity index (χ1n) is 9.93. The first-order valence-corrected chi connectivity index (χ1v) is 9.93. The van der Waals surface area contributed by atoms with Crippen LogP contribution in [0.4, 0.5) is 4.79 Å². The summed E-state index contributed by atoms with van der Waals surface area (Å²) >= 11 is 0. The lowest BCUT2D eigenvalue weighted by Crippen LogP contribution is -2.35. The van der Waals surface area contributed by atoms with Crippen molar-refractivity contribution in [1.29, 1.82) is 0 Å². The van der Waals surface area contributed by atoms with E-state index in [0.717, 1.165) is 0 Å². The van der Waals surface area contributed by atoms with E-state index in [1.165, 1.54) is 21.3 Å². The Morgan fingerprint density at radius 1 is 0.839 bits per heavy atom. The van der Waals surface area contributed by atoms with Crippen LogP contribution in [0.2, 0.25) is 0 Å². The quantitative estimate of drug-likeness (QED) is 0.450. The van der Waals surface area contributed by atoms with Gasteiger partial charge in [-0.05, 0) is 39.3 Å². The fraction of sp³-hybridized carbons (Fsp3) is 0.571. The molecular formula is C21H33N3O7. The van der Waals surface area contributed by atoms with Gasteiger partial charge in [0.25, 0.3) is 5.91 Å². The third kappa shape index (κ3) is 9.45. The minimum atomic E-state index is -0.584. The van der Waals surface area contributed by atoms with Crippen LogP contribution >= 0.6 is 0 Å². The summed E-state index contributed by atoms with van der Waals surface area (Å²) in [6.45, 7) is 6.23. The van der Waals surface area contributed by atoms with Gasteiger partial charge in [0.15, 0.2) is 11.5 Å². The number of nitrogens with one attached hydrogen (secondary N) is 3. The highest BCUT2D eigenvalue weighted by Crippen LogP contribution is 2.38. The summed E-state index contributed by atoms with van der Waals surface area (Å²) in [6, 6.07) is 3.13. The number of rotatable bonds is 11. The minimum absolute atomic E-state index is 0.136. The summed E-state index contributed by atoms with van der Waals surface area (Å²) in [5, 5.41) is 8.03. The van der Waals surface area contributed by atoms with Crippen LogP contribution in [0.3, 0.4) is 0 Å². The van der Waals surface area contributed by atoms with E-state index in [9.17, 15) is 14.4 Å². The van der Waals surface area contributed by atoms with Gasteiger partial charge in [0, 0.05) is 31.6 Å². The van der Waals surface area contributed by atoms with Gasteiger partial charge in [0.1, 0.15) is 5.60 Å². The van der Waals surface area contributed by atoms with Crippen LogP contribution < -0.4 is 30.2 Å². The highest BCUT2D eigenvalue weighted by molar-refractivity contribution is 5.95. The van der Waals surface area contributed by atoms with Gasteiger partial charge in [-0.3, -0.25) is 9.59 Å². The van der Waals surface area contributed by atoms with Crippen LogP contribution in [-0.2, 0) is 9.53 Å². The second-order valence-electron chi connectivity index (χ2n) is 7.55. The predicted molar refractivity (Wildman–Crippen MR) is 115 cm³/mol. The number of methoxy groups -OCH3 is 3. The second kappa shape index (κ2) is 12.5. The van der Waals surface area contributed by atoms with Crippen molar-refractivity contribution < 1.29 is 33.3 Å². The average molecular weight is 440 g/mol. The Labute approximate surface area is 182 Å². The van der Waals surface area contributed by atoms with Crippen molar-refractivity contribution in [1.82, 2.24) is 16.0 Å². The maximum Gasteiger partial charge on any atom is 0.407 e. The first kappa shape index (κ1) is 25.9. The number of hydrogen-bond donors (Lipinski definition) is 3. The Morgan fingerprint density at radius 2 is 1.42 bits per heavy atom. The fourth-order valence-electron chi connectivity index (χ4n) is 2.51. The normalized spacial score (nSPS) is 10.6. The van der Waals surface area contributed by atoms with Crippen molar-refractivity contribution in [3.05, 3.63) is 17.7 Å². The minimum Gasteiger partial charge on any atom is -0.493 e. The fourth-order valence-corrected chi connectivity index (χ4v) is 2.51. The van der Waals surface area contributed by atoms with Crippen LogP contribution in [0.25, 0.3) is 0 Å². The van der Waals surface area contributed by atoms with Gasteiger partial charge >= 0.3 is 6.09 Å². The molecule has 0 atom stereocenters. The molecule has 0 aliphatic carbocycles. The molecule has 3 N–H and O–H groups in total. The molecule has 0 aliphatic heterocycles. The van der Waals surface area contributed by atoms with E-state index in [-0.39, 0.29) is 24.8 Å². The van der Waals surface area contributed by atoms with Crippen molar-refractivity contribution in [2.24, 2.45) is 0 Å². The molecule has 174 valence electrons. The lowest BCUT2D eigenvalue weighted by molar-refractivity contribution is -0.120. The zero-order valence-corrected chi connectivity index (χ0v) is 19.0. The van der Waals surface area contributed by atoms with E-state index in [2.05, 4.69) is 16.0 Å². The molecule has 0 saturated carbocycles. The summed E-state index contributed by atoms with van der Waals surface area (Å²) in [5.74, 6) is 0.683. The van der Waals surface area contributed by atoms with E-state index in [1.807, 2.05) is 0 Å². The number of carbonyl (C=O) groups excluding carboxylic acids is 3. The predicted octanol–water partition coefficient (Wildman–Crippen LogP) is 1.86. The summed E-state index contributed by atoms with van der Waals surface area (Å²) < 4.78 is 20.8. The van der Waals surface area contributed by atoms with Crippen LogP contribution in [0.15, 0.2) is 12.1 Å². The molecule has 10 nitrogen and oxygen atoms in total. The maximum absolute atomic E-state index is 12.4. The highest BCUT2D eigenvalue weighted by atomic mass is 16.6. The van der Waals surface area contributed by atoms with Crippen molar-refractivity contribution >= 4 is 17.9 Å². The number of amides is 3. The van der Waals surface area contributed by atoms with Gasteiger partial charge < -0.3 is 34.9 Å². The van der Waals surface area contributed by atoms with E-state index in [0.29, 0.717) is 42.3 Å². The Bertz CT molecular complexity index is 735. The Hall–Kier alpha value is -3.17. The standard InChI is InChI=1S/C21H33N3O7/c1-21(2,3)31-20(27)24-11-8-17(25)22-9-7-10-23-19(26)14-12-15(28-4)18(30-6)16(13-14)29-5/h12-13H,7-11H2,1-6H3,(H,22,25)(H,23,26)(H,24,27). The van der Waals surface area contributed by atoms with Gasteiger partial charge in [-0.25, -0.2) is 4.79 Å². The Kier molecular flexibility index (Phi) is 10.4. The van der Waals surface area contributed by atoms with Crippen LogP contribution in [-0.4, -0.2) is 64.5 Å². The van der Waals surface area contributed by atoms with E-state index >= 15 is 0 Å². The summed E-state index contributed by atoms with van der Waals surface area (Å²) in [7, 11) is 4.44. The molecule has 0 radical (unpaired) electrons. The SMILES string of the molecule is COc1cc(C(=O)NCCCNC(=O)CCNC(=O)OC(C)(C)C)cc(OC)c1OC. The number of hydrogen-bond acceptors (Lipinski definition) is 7. The molecule has 3 amide bonds. The molecule has 0 unspecified atom stereocenters. The molecule has 0 heterocycles. The Balaban J connectivity index is 2.33. The monoisotopic (exact) mass is 439 g/mol. The smallest absolute Gasteiger partial charge is 0.407 e. The highest BCUT2D eigenvalue weighted by Gasteiger charge is 2.17. The van der Waals surface area contributed by atoms with E-state index in [4.69, 9.17) is 18.9 Å². The van der Waals surface area contributed by atoms with Gasteiger partial charge in [0.2, 0.25) is 11.7 Å². The van der Waals surface area contributed by atoms with Crippen LogP contribution in [0.1, 0.15) is 44.0 Å². The lowest BCUT2D eigenvalue weighted by Gasteiger charge is -2.19. The van der Waals surface area contributed by atoms with Gasteiger partial charge in [-0.2, -0.15) is 0 Å². The van der Waals surface area contributed by atoms with Crippen molar-refractivity contribution in [2.45, 2.75) is 39.2 Å². The van der Waals surface area contributed by atoms with Gasteiger partial charge in [-0.1, -0.05) is 0 Å². The molecule has 10 heteroatoms. The first-order chi connectivity index (χ1) is 14.6. The molecule has 0 aliphatic rings. The third-order valence-electron chi connectivity index (χ3n) is 3.91. The second-order valence-corrected chi connectivity index (χ2v) is 7.55. The summed E-state index contributed by atoms with van der Waals surface area (Å²) in [4.78, 5) is 35.7. The summed E-state index contributed by atoms with van der Waals surface area (Å²) in [6.07, 6.45) is 0.119. The zero-order valence-electron chi connectivity index (χ0n) is 19.0. The molecule has 1 aromatic rings. The van der Waals surface area contributed by atoms with Gasteiger partial charge in [0.05, 0.1) is 21.3 Å². The Morgan fingerprint density at radius 3 is 1.94 bits per heavy atom. The van der Waals surface area contributed by atoms with Crippen molar-refractivity contribution in [3.63, 3.8) is 0 Å².